The van der Waals surface area contributed by atoms with Crippen molar-refractivity contribution in [1.29, 1.82) is 0 Å². The number of nitrogens with zero attached hydrogens (tertiary/aromatic N) is 1. The van der Waals surface area contributed by atoms with E-state index in [0.29, 0.717) is 11.4 Å². The quantitative estimate of drug-likeness (QED) is 0.675. The highest BCUT2D eigenvalue weighted by Crippen LogP contribution is 2.38. The summed E-state index contributed by atoms with van der Waals surface area (Å²) in [4.78, 5) is 14.4. The lowest BCUT2D eigenvalue weighted by Gasteiger charge is -2.45. The van der Waals surface area contributed by atoms with Gasteiger partial charge in [-0.3, -0.25) is 4.90 Å². The number of halogens is 2. The normalized spacial score (nSPS) is 23.7. The first-order chi connectivity index (χ1) is 11.2. The molecular weight excluding hydrogens is 329 g/mol. The Kier molecular flexibility index (Phi) is 4.60. The summed E-state index contributed by atoms with van der Waals surface area (Å²) in [7, 11) is 0. The van der Waals surface area contributed by atoms with E-state index in [1.165, 1.54) is 12.1 Å². The monoisotopic (exact) mass is 351 g/mol. The number of piperidine rings is 1. The molecule has 1 aromatic carbocycles. The number of fused-ring (bicyclic) bond motifs is 2. The van der Waals surface area contributed by atoms with Crippen molar-refractivity contribution in [3.63, 3.8) is 0 Å². The summed E-state index contributed by atoms with van der Waals surface area (Å²) in [6.45, 7) is 5.63. The number of benzene rings is 1. The van der Waals surface area contributed by atoms with Crippen molar-refractivity contribution >= 4 is 23.3 Å². The molecule has 0 aliphatic carbocycles. The van der Waals surface area contributed by atoms with Gasteiger partial charge in [-0.1, -0.05) is 17.7 Å². The second-order valence-corrected chi connectivity index (χ2v) is 8.03. The van der Waals surface area contributed by atoms with Gasteiger partial charge in [-0.05, 0) is 75.8 Å². The van der Waals surface area contributed by atoms with E-state index in [2.05, 4.69) is 6.08 Å². The Hall–Kier alpha value is -1.55. The molecule has 2 bridgehead atoms. The molecule has 1 aromatic rings. The predicted molar refractivity (Wildman–Crippen MR) is 93.5 cm³/mol. The van der Waals surface area contributed by atoms with Gasteiger partial charge in [0, 0.05) is 11.1 Å². The van der Waals surface area contributed by atoms with Crippen LogP contribution in [0, 0.1) is 5.82 Å². The van der Waals surface area contributed by atoms with Crippen LogP contribution in [0.3, 0.4) is 0 Å². The van der Waals surface area contributed by atoms with E-state index < -0.39 is 5.60 Å². The molecule has 3 rings (SSSR count). The molecule has 0 saturated carbocycles. The molecule has 0 radical (unpaired) electrons. The second-order valence-electron chi connectivity index (χ2n) is 7.59. The van der Waals surface area contributed by atoms with Gasteiger partial charge in [-0.25, -0.2) is 9.18 Å². The number of amides is 1. The summed E-state index contributed by atoms with van der Waals surface area (Å²) in [5.74, 6) is -0.335. The first kappa shape index (κ1) is 17.3. The summed E-state index contributed by atoms with van der Waals surface area (Å²) >= 11 is 5.99. The van der Waals surface area contributed by atoms with Crippen molar-refractivity contribution in [2.45, 2.75) is 64.1 Å². The van der Waals surface area contributed by atoms with E-state index in [9.17, 15) is 9.18 Å². The van der Waals surface area contributed by atoms with E-state index in [1.807, 2.05) is 25.7 Å². The van der Waals surface area contributed by atoms with Crippen LogP contribution < -0.4 is 0 Å². The van der Waals surface area contributed by atoms with Crippen LogP contribution in [0.25, 0.3) is 5.57 Å². The van der Waals surface area contributed by atoms with Crippen LogP contribution in [0.5, 0.6) is 0 Å². The SMILES string of the molecule is CC(C)(C)OC(=O)N1C2C=C(c3cc(F)cc(Cl)c3)CC1CCC2. The molecule has 2 aliphatic heterocycles. The highest BCUT2D eigenvalue weighted by atomic mass is 35.5. The minimum Gasteiger partial charge on any atom is -0.444 e. The lowest BCUT2D eigenvalue weighted by Crippen LogP contribution is -2.53. The third-order valence-electron chi connectivity index (χ3n) is 4.47. The predicted octanol–water partition coefficient (Wildman–Crippen LogP) is 5.42. The molecule has 2 aliphatic rings. The molecular formula is C19H23ClFNO2. The Morgan fingerprint density at radius 2 is 2.04 bits per heavy atom. The summed E-state index contributed by atoms with van der Waals surface area (Å²) in [5, 5.41) is 0.394. The van der Waals surface area contributed by atoms with Crippen molar-refractivity contribution in [1.82, 2.24) is 4.90 Å². The van der Waals surface area contributed by atoms with Crippen molar-refractivity contribution in [2.24, 2.45) is 0 Å². The molecule has 1 amide bonds. The molecule has 24 heavy (non-hydrogen) atoms. The minimum atomic E-state index is -0.508. The van der Waals surface area contributed by atoms with Gasteiger partial charge >= 0.3 is 6.09 Å². The average molecular weight is 352 g/mol. The first-order valence-electron chi connectivity index (χ1n) is 8.41. The van der Waals surface area contributed by atoms with Crippen molar-refractivity contribution in [2.75, 3.05) is 0 Å². The second kappa shape index (κ2) is 6.40. The third kappa shape index (κ3) is 3.75. The van der Waals surface area contributed by atoms with E-state index in [0.717, 1.165) is 30.4 Å². The van der Waals surface area contributed by atoms with E-state index in [4.69, 9.17) is 16.3 Å². The maximum Gasteiger partial charge on any atom is 0.411 e. The fraction of sp³-hybridized carbons (Fsp3) is 0.526. The van der Waals surface area contributed by atoms with Crippen molar-refractivity contribution < 1.29 is 13.9 Å². The Labute approximate surface area is 147 Å². The van der Waals surface area contributed by atoms with Gasteiger partial charge < -0.3 is 4.74 Å². The Balaban J connectivity index is 1.88. The molecule has 0 N–H and O–H groups in total. The molecule has 0 aromatic heterocycles. The molecule has 0 spiro atoms. The van der Waals surface area contributed by atoms with Gasteiger partial charge in [0.25, 0.3) is 0 Å². The van der Waals surface area contributed by atoms with Gasteiger partial charge in [0.1, 0.15) is 11.4 Å². The fourth-order valence-corrected chi connectivity index (χ4v) is 3.80. The summed E-state index contributed by atoms with van der Waals surface area (Å²) < 4.78 is 19.2. The van der Waals surface area contributed by atoms with Crippen LogP contribution in [0.4, 0.5) is 9.18 Å². The highest BCUT2D eigenvalue weighted by molar-refractivity contribution is 6.30. The van der Waals surface area contributed by atoms with Gasteiger partial charge in [-0.15, -0.1) is 0 Å². The number of carbonyl (C=O) groups is 1. The number of hydrogen-bond donors (Lipinski definition) is 0. The van der Waals surface area contributed by atoms with Crippen LogP contribution in [0.15, 0.2) is 24.3 Å². The third-order valence-corrected chi connectivity index (χ3v) is 4.69. The molecule has 2 heterocycles. The number of carbonyl (C=O) groups excluding carboxylic acids is 1. The maximum absolute atomic E-state index is 13.7. The molecule has 5 heteroatoms. The lowest BCUT2D eigenvalue weighted by atomic mass is 9.83. The van der Waals surface area contributed by atoms with Crippen molar-refractivity contribution in [3.05, 3.63) is 40.7 Å². The Morgan fingerprint density at radius 3 is 2.67 bits per heavy atom. The molecule has 2 unspecified atom stereocenters. The number of rotatable bonds is 1. The maximum atomic E-state index is 13.7. The molecule has 1 saturated heterocycles. The van der Waals surface area contributed by atoms with Gasteiger partial charge in [-0.2, -0.15) is 0 Å². The van der Waals surface area contributed by atoms with Crippen molar-refractivity contribution in [3.8, 4) is 0 Å². The Bertz CT molecular complexity index is 660. The summed E-state index contributed by atoms with van der Waals surface area (Å²) in [6, 6.07) is 4.71. The first-order valence-corrected chi connectivity index (χ1v) is 8.79. The largest absolute Gasteiger partial charge is 0.444 e. The standard InChI is InChI=1S/C19H23ClFNO2/c1-19(2,3)24-18(23)22-16-5-4-6-17(22)10-13(9-16)12-7-14(20)11-15(21)8-12/h7-9,11,16-17H,4-6,10H2,1-3H3. The molecule has 1 fully saturated rings. The van der Waals surface area contributed by atoms with Crippen LogP contribution in [0.2, 0.25) is 5.02 Å². The zero-order chi connectivity index (χ0) is 17.5. The van der Waals surface area contributed by atoms with E-state index in [-0.39, 0.29) is 24.0 Å². The van der Waals surface area contributed by atoms with Gasteiger partial charge in [0.15, 0.2) is 0 Å². The van der Waals surface area contributed by atoms with Crippen LogP contribution in [-0.4, -0.2) is 28.7 Å². The average Bonchev–Trinajstić information content (AvgIpc) is 2.42. The zero-order valence-corrected chi connectivity index (χ0v) is 15.1. The molecule has 3 nitrogen and oxygen atoms in total. The van der Waals surface area contributed by atoms with Crippen LogP contribution >= 0.6 is 11.6 Å². The summed E-state index contributed by atoms with van der Waals surface area (Å²) in [6.07, 6.45) is 5.45. The van der Waals surface area contributed by atoms with E-state index >= 15 is 0 Å². The molecule has 2 atom stereocenters. The minimum absolute atomic E-state index is 0.00407. The van der Waals surface area contributed by atoms with Crippen LogP contribution in [-0.2, 0) is 4.74 Å². The Morgan fingerprint density at radius 1 is 1.29 bits per heavy atom. The number of ether oxygens (including phenoxy) is 1. The highest BCUT2D eigenvalue weighted by Gasteiger charge is 2.39. The smallest absolute Gasteiger partial charge is 0.411 e. The zero-order valence-electron chi connectivity index (χ0n) is 14.3. The number of hydrogen-bond acceptors (Lipinski definition) is 2. The fourth-order valence-electron chi connectivity index (χ4n) is 3.58. The van der Waals surface area contributed by atoms with Gasteiger partial charge in [0.05, 0.1) is 6.04 Å². The van der Waals surface area contributed by atoms with Crippen LogP contribution in [0.1, 0.15) is 52.0 Å². The topological polar surface area (TPSA) is 29.5 Å². The van der Waals surface area contributed by atoms with Gasteiger partial charge in [0.2, 0.25) is 0 Å². The lowest BCUT2D eigenvalue weighted by molar-refractivity contribution is 0.0000824. The van der Waals surface area contributed by atoms with E-state index in [1.54, 1.807) is 6.07 Å². The molecule has 130 valence electrons. The summed E-state index contributed by atoms with van der Waals surface area (Å²) in [5.41, 5.74) is 1.36.